The first-order chi connectivity index (χ1) is 8.81. The fraction of sp³-hybridized carbons (Fsp3) is 0.929. The van der Waals surface area contributed by atoms with E-state index in [1.165, 1.54) is 32.1 Å². The maximum Gasteiger partial charge on any atom is 0.306 e. The van der Waals surface area contributed by atoms with Crippen molar-refractivity contribution in [1.82, 2.24) is 0 Å². The zero-order valence-electron chi connectivity index (χ0n) is 11.7. The van der Waals surface area contributed by atoms with Crippen LogP contribution < -0.4 is 0 Å². The van der Waals surface area contributed by atoms with Crippen LogP contribution in [0.4, 0.5) is 0 Å². The average molecular weight is 276 g/mol. The summed E-state index contributed by atoms with van der Waals surface area (Å²) in [7, 11) is 0. The highest BCUT2D eigenvalue weighted by molar-refractivity contribution is 7.99. The number of rotatable bonds is 13. The Labute approximate surface area is 116 Å². The summed E-state index contributed by atoms with van der Waals surface area (Å²) in [6.07, 6.45) is 9.12. The summed E-state index contributed by atoms with van der Waals surface area (Å²) >= 11 is 1.59. The molecule has 0 amide bonds. The molecule has 0 aliphatic rings. The molecule has 0 aromatic heterocycles. The van der Waals surface area contributed by atoms with E-state index in [1.807, 2.05) is 0 Å². The lowest BCUT2D eigenvalue weighted by Crippen LogP contribution is -2.07. The van der Waals surface area contributed by atoms with Gasteiger partial charge >= 0.3 is 5.97 Å². The largest absolute Gasteiger partial charge is 0.466 e. The number of ether oxygens (including phenoxy) is 1. The number of carbonyl (C=O) groups is 1. The zero-order valence-corrected chi connectivity index (χ0v) is 12.5. The normalized spacial score (nSPS) is 10.6. The Kier molecular flexibility index (Phi) is 14.7. The number of hydrogen-bond acceptors (Lipinski definition) is 4. The zero-order chi connectivity index (χ0) is 13.5. The van der Waals surface area contributed by atoms with Crippen molar-refractivity contribution in [3.63, 3.8) is 0 Å². The number of carbonyl (C=O) groups excluding carboxylic acids is 1. The van der Waals surface area contributed by atoms with Gasteiger partial charge in [0.15, 0.2) is 0 Å². The van der Waals surface area contributed by atoms with Gasteiger partial charge < -0.3 is 9.84 Å². The van der Waals surface area contributed by atoms with E-state index in [0.717, 1.165) is 18.6 Å². The number of unbranched alkanes of at least 4 members (excludes halogenated alkanes) is 6. The summed E-state index contributed by atoms with van der Waals surface area (Å²) < 4.78 is 5.14. The molecule has 0 heterocycles. The predicted molar refractivity (Wildman–Crippen MR) is 78.0 cm³/mol. The number of aliphatic hydroxyl groups is 1. The summed E-state index contributed by atoms with van der Waals surface area (Å²) in [6.45, 7) is 2.97. The van der Waals surface area contributed by atoms with Crippen LogP contribution in [0.1, 0.15) is 58.3 Å². The van der Waals surface area contributed by atoms with Crippen LogP contribution in [0.2, 0.25) is 0 Å². The molecule has 0 spiro atoms. The molecule has 1 N–H and O–H groups in total. The lowest BCUT2D eigenvalue weighted by molar-refractivity contribution is -0.143. The van der Waals surface area contributed by atoms with Crippen LogP contribution in [-0.4, -0.2) is 35.8 Å². The van der Waals surface area contributed by atoms with Crippen molar-refractivity contribution in [2.45, 2.75) is 58.3 Å². The monoisotopic (exact) mass is 276 g/mol. The van der Waals surface area contributed by atoms with Crippen LogP contribution in [0.15, 0.2) is 0 Å². The molecule has 3 nitrogen and oxygen atoms in total. The topological polar surface area (TPSA) is 46.5 Å². The fourth-order valence-electron chi connectivity index (χ4n) is 1.64. The van der Waals surface area contributed by atoms with Gasteiger partial charge in [-0.05, 0) is 6.42 Å². The lowest BCUT2D eigenvalue weighted by atomic mass is 10.1. The van der Waals surface area contributed by atoms with Gasteiger partial charge in [-0.1, -0.05) is 45.4 Å². The quantitative estimate of drug-likeness (QED) is 0.414. The highest BCUT2D eigenvalue weighted by Crippen LogP contribution is 2.07. The molecule has 18 heavy (non-hydrogen) atoms. The molecule has 0 aromatic rings. The molecular weight excluding hydrogens is 248 g/mol. The number of aliphatic hydroxyl groups excluding tert-OH is 1. The van der Waals surface area contributed by atoms with Gasteiger partial charge in [-0.3, -0.25) is 4.79 Å². The van der Waals surface area contributed by atoms with Crippen molar-refractivity contribution in [2.24, 2.45) is 0 Å². The summed E-state index contributed by atoms with van der Waals surface area (Å²) in [6, 6.07) is 0. The second-order valence-electron chi connectivity index (χ2n) is 4.43. The number of hydrogen-bond donors (Lipinski definition) is 1. The van der Waals surface area contributed by atoms with Crippen molar-refractivity contribution in [2.75, 3.05) is 24.7 Å². The summed E-state index contributed by atoms with van der Waals surface area (Å²) in [5, 5.41) is 8.57. The van der Waals surface area contributed by atoms with E-state index in [2.05, 4.69) is 6.92 Å². The minimum absolute atomic E-state index is 0.105. The Morgan fingerprint density at radius 2 is 1.72 bits per heavy atom. The predicted octanol–water partition coefficient (Wildman–Crippen LogP) is 3.40. The summed E-state index contributed by atoms with van der Waals surface area (Å²) in [5.41, 5.74) is 0. The maximum atomic E-state index is 11.3. The van der Waals surface area contributed by atoms with Gasteiger partial charge in [0.1, 0.15) is 0 Å². The molecule has 0 radical (unpaired) electrons. The van der Waals surface area contributed by atoms with Crippen molar-refractivity contribution < 1.29 is 14.6 Å². The van der Waals surface area contributed by atoms with Crippen molar-refractivity contribution in [1.29, 1.82) is 0 Å². The van der Waals surface area contributed by atoms with E-state index >= 15 is 0 Å². The average Bonchev–Trinajstić information content (AvgIpc) is 2.38. The van der Waals surface area contributed by atoms with Gasteiger partial charge in [-0.15, -0.1) is 0 Å². The molecule has 0 saturated heterocycles. The van der Waals surface area contributed by atoms with Gasteiger partial charge in [0.25, 0.3) is 0 Å². The third-order valence-corrected chi connectivity index (χ3v) is 3.66. The standard InChI is InChI=1S/C14H28O3S/c1-2-3-4-5-6-7-8-11-17-14(16)9-12-18-13-10-15/h15H,2-13H2,1H3. The number of thioether (sulfide) groups is 1. The molecule has 4 heteroatoms. The Hall–Kier alpha value is -0.220. The Morgan fingerprint density at radius 1 is 1.06 bits per heavy atom. The molecule has 0 bridgehead atoms. The molecule has 0 atom stereocenters. The van der Waals surface area contributed by atoms with E-state index in [-0.39, 0.29) is 12.6 Å². The van der Waals surface area contributed by atoms with E-state index in [0.29, 0.717) is 18.8 Å². The van der Waals surface area contributed by atoms with E-state index in [4.69, 9.17) is 9.84 Å². The van der Waals surface area contributed by atoms with Gasteiger partial charge in [0.2, 0.25) is 0 Å². The first-order valence-corrected chi connectivity index (χ1v) is 8.31. The van der Waals surface area contributed by atoms with Crippen molar-refractivity contribution in [3.05, 3.63) is 0 Å². The van der Waals surface area contributed by atoms with Crippen molar-refractivity contribution in [3.8, 4) is 0 Å². The van der Waals surface area contributed by atoms with Gasteiger partial charge in [-0.25, -0.2) is 0 Å². The minimum atomic E-state index is -0.105. The molecule has 0 aliphatic carbocycles. The maximum absolute atomic E-state index is 11.3. The van der Waals surface area contributed by atoms with Crippen LogP contribution in [0, 0.1) is 0 Å². The third-order valence-electron chi connectivity index (χ3n) is 2.70. The first-order valence-electron chi connectivity index (χ1n) is 7.15. The third kappa shape index (κ3) is 13.8. The van der Waals surface area contributed by atoms with E-state index < -0.39 is 0 Å². The first kappa shape index (κ1) is 17.8. The highest BCUT2D eigenvalue weighted by Gasteiger charge is 2.02. The van der Waals surface area contributed by atoms with Gasteiger partial charge in [0.05, 0.1) is 19.6 Å². The molecule has 0 aromatic carbocycles. The Bertz CT molecular complexity index is 186. The molecule has 0 fully saturated rings. The highest BCUT2D eigenvalue weighted by atomic mass is 32.2. The van der Waals surface area contributed by atoms with Crippen LogP contribution in [0.3, 0.4) is 0 Å². The lowest BCUT2D eigenvalue weighted by Gasteiger charge is -2.04. The van der Waals surface area contributed by atoms with Crippen LogP contribution in [0.5, 0.6) is 0 Å². The SMILES string of the molecule is CCCCCCCCCOC(=O)CCSCCO. The smallest absolute Gasteiger partial charge is 0.306 e. The molecule has 108 valence electrons. The van der Waals surface area contributed by atoms with Gasteiger partial charge in [-0.2, -0.15) is 11.8 Å². The van der Waals surface area contributed by atoms with Crippen LogP contribution in [0.25, 0.3) is 0 Å². The van der Waals surface area contributed by atoms with Crippen LogP contribution in [-0.2, 0) is 9.53 Å². The molecule has 0 saturated carbocycles. The van der Waals surface area contributed by atoms with Crippen molar-refractivity contribution >= 4 is 17.7 Å². The Morgan fingerprint density at radius 3 is 2.39 bits per heavy atom. The second-order valence-corrected chi connectivity index (χ2v) is 5.65. The number of esters is 1. The Balaban J connectivity index is 3.10. The molecule has 0 rings (SSSR count). The minimum Gasteiger partial charge on any atom is -0.466 e. The fourth-order valence-corrected chi connectivity index (χ4v) is 2.28. The molecule has 0 unspecified atom stereocenters. The van der Waals surface area contributed by atoms with E-state index in [9.17, 15) is 4.79 Å². The summed E-state index contributed by atoms with van der Waals surface area (Å²) in [4.78, 5) is 11.3. The molecule has 0 aliphatic heterocycles. The second kappa shape index (κ2) is 14.8. The van der Waals surface area contributed by atoms with Crippen LogP contribution >= 0.6 is 11.8 Å². The molecular formula is C14H28O3S. The van der Waals surface area contributed by atoms with E-state index in [1.54, 1.807) is 11.8 Å². The summed E-state index contributed by atoms with van der Waals surface area (Å²) in [5.74, 6) is 1.34. The van der Waals surface area contributed by atoms with Gasteiger partial charge in [0, 0.05) is 11.5 Å².